The highest BCUT2D eigenvalue weighted by atomic mass is 19.4. The van der Waals surface area contributed by atoms with Crippen molar-refractivity contribution in [2.24, 2.45) is 16.8 Å². The number of alkyl halides is 3. The Bertz CT molecular complexity index is 827. The number of rotatable bonds is 4. The van der Waals surface area contributed by atoms with Crippen molar-refractivity contribution < 1.29 is 22.8 Å². The van der Waals surface area contributed by atoms with Crippen molar-refractivity contribution in [2.45, 2.75) is 45.3 Å². The molecule has 1 aromatic rings. The van der Waals surface area contributed by atoms with E-state index in [4.69, 9.17) is 0 Å². The number of benzene rings is 1. The van der Waals surface area contributed by atoms with Crippen LogP contribution in [-0.2, 0) is 16.0 Å². The zero-order chi connectivity index (χ0) is 19.8. The molecule has 0 saturated heterocycles. The lowest BCUT2D eigenvalue weighted by Gasteiger charge is -2.24. The van der Waals surface area contributed by atoms with Crippen LogP contribution < -0.4 is 5.32 Å². The number of allylic oxidation sites excluding steroid dienone is 1. The third kappa shape index (κ3) is 3.96. The van der Waals surface area contributed by atoms with E-state index in [0.717, 1.165) is 36.5 Å². The molecule has 0 radical (unpaired) electrons. The first-order chi connectivity index (χ1) is 12.7. The maximum Gasteiger partial charge on any atom is 0.433 e. The van der Waals surface area contributed by atoms with Gasteiger partial charge in [-0.3, -0.25) is 9.59 Å². The number of hydrogen-bond acceptors (Lipinski definition) is 2. The number of dihydropyridines is 1. The Balaban J connectivity index is 1.78. The molecule has 2 aliphatic rings. The molecule has 27 heavy (non-hydrogen) atoms. The minimum Gasteiger partial charge on any atom is -0.348 e. The molecule has 0 fully saturated rings. The Labute approximate surface area is 155 Å². The Kier molecular flexibility index (Phi) is 5.22. The molecule has 1 aliphatic carbocycles. The van der Waals surface area contributed by atoms with Gasteiger partial charge >= 0.3 is 6.18 Å². The third-order valence-corrected chi connectivity index (χ3v) is 5.06. The van der Waals surface area contributed by atoms with Crippen molar-refractivity contribution >= 4 is 17.5 Å². The summed E-state index contributed by atoms with van der Waals surface area (Å²) in [6.45, 7) is 4.07. The van der Waals surface area contributed by atoms with Gasteiger partial charge in [-0.15, -0.1) is 0 Å². The van der Waals surface area contributed by atoms with Crippen molar-refractivity contribution in [3.05, 3.63) is 47.0 Å². The van der Waals surface area contributed by atoms with Crippen molar-refractivity contribution in [2.75, 3.05) is 0 Å². The van der Waals surface area contributed by atoms with Gasteiger partial charge in [-0.25, -0.2) is 4.99 Å². The number of aliphatic imine (C=N–C) groups is 1. The number of carbonyl (C=O) groups is 2. The Hall–Kier alpha value is -2.44. The van der Waals surface area contributed by atoms with Gasteiger partial charge in [0.15, 0.2) is 0 Å². The fourth-order valence-electron chi connectivity index (χ4n) is 3.80. The Morgan fingerprint density at radius 3 is 2.70 bits per heavy atom. The molecular weight excluding hydrogens is 357 g/mol. The van der Waals surface area contributed by atoms with Crippen LogP contribution in [0.5, 0.6) is 0 Å². The van der Waals surface area contributed by atoms with Crippen LogP contribution in [0.3, 0.4) is 0 Å². The molecule has 3 atom stereocenters. The standard InChI is InChI=1S/C20H21F3N2O2/c1-3-4-12-10-13-9-11(2)5-6-14(13)17(12)25-19(27)15-7-8-16(20(21,22)23)24-18(15)26/h5-9,12,15,17H,3-4,10H2,1-2H3,(H,25,27). The summed E-state index contributed by atoms with van der Waals surface area (Å²) in [6.07, 6.45) is -0.341. The topological polar surface area (TPSA) is 58.5 Å². The van der Waals surface area contributed by atoms with E-state index in [9.17, 15) is 22.8 Å². The summed E-state index contributed by atoms with van der Waals surface area (Å²) in [7, 11) is 0. The first kappa shape index (κ1) is 19.3. The lowest BCUT2D eigenvalue weighted by Crippen LogP contribution is -2.40. The second-order valence-electron chi connectivity index (χ2n) is 7.11. The Morgan fingerprint density at radius 2 is 2.07 bits per heavy atom. The number of nitrogens with one attached hydrogen (secondary N) is 1. The van der Waals surface area contributed by atoms with Crippen LogP contribution in [0.4, 0.5) is 13.2 Å². The zero-order valence-corrected chi connectivity index (χ0v) is 15.1. The lowest BCUT2D eigenvalue weighted by molar-refractivity contribution is -0.132. The van der Waals surface area contributed by atoms with Gasteiger partial charge in [0.25, 0.3) is 5.91 Å². The third-order valence-electron chi connectivity index (χ3n) is 5.06. The summed E-state index contributed by atoms with van der Waals surface area (Å²) >= 11 is 0. The van der Waals surface area contributed by atoms with Gasteiger partial charge in [-0.2, -0.15) is 13.2 Å². The molecule has 0 bridgehead atoms. The van der Waals surface area contributed by atoms with E-state index in [1.165, 1.54) is 5.56 Å². The summed E-state index contributed by atoms with van der Waals surface area (Å²) in [5, 5.41) is 2.88. The first-order valence-corrected chi connectivity index (χ1v) is 8.98. The van der Waals surface area contributed by atoms with E-state index >= 15 is 0 Å². The number of carbonyl (C=O) groups excluding carboxylic acids is 2. The van der Waals surface area contributed by atoms with Gasteiger partial charge in [-0.1, -0.05) is 43.2 Å². The van der Waals surface area contributed by atoms with E-state index in [1.807, 2.05) is 19.1 Å². The van der Waals surface area contributed by atoms with E-state index < -0.39 is 29.6 Å². The van der Waals surface area contributed by atoms with Gasteiger partial charge in [0, 0.05) is 0 Å². The molecule has 2 amide bonds. The van der Waals surface area contributed by atoms with E-state index in [2.05, 4.69) is 23.3 Å². The molecular formula is C20H21F3N2O2. The predicted octanol–water partition coefficient (Wildman–Crippen LogP) is 3.84. The smallest absolute Gasteiger partial charge is 0.348 e. The van der Waals surface area contributed by atoms with Crippen molar-refractivity contribution in [1.82, 2.24) is 5.32 Å². The highest BCUT2D eigenvalue weighted by molar-refractivity contribution is 6.14. The maximum absolute atomic E-state index is 12.7. The molecule has 3 unspecified atom stereocenters. The quantitative estimate of drug-likeness (QED) is 0.810. The highest BCUT2D eigenvalue weighted by Crippen LogP contribution is 2.39. The number of halogens is 3. The van der Waals surface area contributed by atoms with Gasteiger partial charge in [0.2, 0.25) is 5.91 Å². The molecule has 0 saturated carbocycles. The van der Waals surface area contributed by atoms with Crippen molar-refractivity contribution in [3.8, 4) is 0 Å². The average Bonchev–Trinajstić information content (AvgIpc) is 2.90. The number of amides is 2. The van der Waals surface area contributed by atoms with Gasteiger partial charge in [0.05, 0.1) is 6.04 Å². The van der Waals surface area contributed by atoms with Crippen LogP contribution in [0, 0.1) is 18.8 Å². The molecule has 4 nitrogen and oxygen atoms in total. The largest absolute Gasteiger partial charge is 0.433 e. The predicted molar refractivity (Wildman–Crippen MR) is 95.3 cm³/mol. The van der Waals surface area contributed by atoms with Crippen LogP contribution in [0.25, 0.3) is 0 Å². The Morgan fingerprint density at radius 1 is 1.33 bits per heavy atom. The number of hydrogen-bond donors (Lipinski definition) is 1. The van der Waals surface area contributed by atoms with Gasteiger partial charge in [-0.05, 0) is 42.9 Å². The van der Waals surface area contributed by atoms with Gasteiger partial charge in [0.1, 0.15) is 11.6 Å². The molecule has 1 heterocycles. The molecule has 0 aromatic heterocycles. The molecule has 144 valence electrons. The van der Waals surface area contributed by atoms with Crippen LogP contribution in [0.1, 0.15) is 42.5 Å². The summed E-state index contributed by atoms with van der Waals surface area (Å²) in [4.78, 5) is 27.6. The minimum atomic E-state index is -4.71. The summed E-state index contributed by atoms with van der Waals surface area (Å²) in [5.41, 5.74) is 2.04. The lowest BCUT2D eigenvalue weighted by atomic mass is 9.94. The van der Waals surface area contributed by atoms with Crippen LogP contribution in [0.15, 0.2) is 35.3 Å². The van der Waals surface area contributed by atoms with E-state index in [1.54, 1.807) is 0 Å². The van der Waals surface area contributed by atoms with Crippen LogP contribution in [-0.4, -0.2) is 23.7 Å². The molecule has 1 N–H and O–H groups in total. The highest BCUT2D eigenvalue weighted by Gasteiger charge is 2.40. The zero-order valence-electron chi connectivity index (χ0n) is 15.1. The monoisotopic (exact) mass is 378 g/mol. The van der Waals surface area contributed by atoms with E-state index in [0.29, 0.717) is 6.08 Å². The number of nitrogens with zero attached hydrogens (tertiary/aromatic N) is 1. The van der Waals surface area contributed by atoms with Crippen LogP contribution in [0.2, 0.25) is 0 Å². The SMILES string of the molecule is CCCC1Cc2cc(C)ccc2C1NC(=O)C1C=CC(C(F)(F)F)=NC1=O. The second-order valence-corrected chi connectivity index (χ2v) is 7.11. The fraction of sp³-hybridized carbons (Fsp3) is 0.450. The average molecular weight is 378 g/mol. The normalized spacial score (nSPS) is 24.6. The van der Waals surface area contributed by atoms with E-state index in [-0.39, 0.29) is 12.0 Å². The molecule has 0 spiro atoms. The van der Waals surface area contributed by atoms with Gasteiger partial charge < -0.3 is 5.32 Å². The summed E-state index contributed by atoms with van der Waals surface area (Å²) < 4.78 is 38.0. The second kappa shape index (κ2) is 7.29. The molecule has 1 aromatic carbocycles. The molecule has 7 heteroatoms. The van der Waals surface area contributed by atoms with Crippen molar-refractivity contribution in [1.29, 1.82) is 0 Å². The summed E-state index contributed by atoms with van der Waals surface area (Å²) in [5.74, 6) is -2.82. The number of aryl methyl sites for hydroxylation is 1. The number of fused-ring (bicyclic) bond motifs is 1. The van der Waals surface area contributed by atoms with Crippen molar-refractivity contribution in [3.63, 3.8) is 0 Å². The maximum atomic E-state index is 12.7. The minimum absolute atomic E-state index is 0.202. The molecule has 1 aliphatic heterocycles. The first-order valence-electron chi connectivity index (χ1n) is 8.98. The fourth-order valence-corrected chi connectivity index (χ4v) is 3.80. The molecule has 3 rings (SSSR count). The summed E-state index contributed by atoms with van der Waals surface area (Å²) in [6, 6.07) is 5.79. The van der Waals surface area contributed by atoms with Crippen LogP contribution >= 0.6 is 0 Å².